The summed E-state index contributed by atoms with van der Waals surface area (Å²) in [5.74, 6) is 0.573. The van der Waals surface area contributed by atoms with Crippen LogP contribution in [0.3, 0.4) is 0 Å². The van der Waals surface area contributed by atoms with E-state index >= 15 is 0 Å². The maximum Gasteiger partial charge on any atom is 0.0547 e. The van der Waals surface area contributed by atoms with Gasteiger partial charge in [0.25, 0.3) is 0 Å². The number of rotatable bonds is 8. The molecule has 68 heavy (non-hydrogen) atoms. The van der Waals surface area contributed by atoms with E-state index in [1.807, 2.05) is 0 Å². The summed E-state index contributed by atoms with van der Waals surface area (Å²) < 4.78 is 2.41. The Balaban J connectivity index is 1.01. The topological polar surface area (TPSA) is 8.17 Å². The number of hydrogen-bond acceptors (Lipinski definition) is 1. The molecule has 11 aromatic carbocycles. The van der Waals surface area contributed by atoms with Crippen LogP contribution in [0, 0.1) is 0 Å². The number of fused-ring (bicyclic) bond motifs is 7. The van der Waals surface area contributed by atoms with E-state index in [9.17, 15) is 0 Å². The number of aromatic nitrogens is 1. The molecule has 1 aliphatic rings. The van der Waals surface area contributed by atoms with Crippen LogP contribution < -0.4 is 4.90 Å². The monoisotopic (exact) mass is 870 g/mol. The zero-order valence-corrected chi connectivity index (χ0v) is 38.0. The molecule has 0 atom stereocenters. The van der Waals surface area contributed by atoms with E-state index in [0.717, 1.165) is 22.7 Å². The molecule has 1 aliphatic carbocycles. The predicted molar refractivity (Wildman–Crippen MR) is 290 cm³/mol. The Morgan fingerprint density at radius 2 is 1.00 bits per heavy atom. The molecule has 324 valence electrons. The first kappa shape index (κ1) is 40.1. The van der Waals surface area contributed by atoms with Crippen LogP contribution in [0.4, 0.5) is 17.1 Å². The lowest BCUT2D eigenvalue weighted by Crippen LogP contribution is -2.11. The second-order valence-corrected chi connectivity index (χ2v) is 18.6. The third-order valence-electron chi connectivity index (χ3n) is 14.8. The number of anilines is 3. The average molecular weight is 871 g/mol. The lowest BCUT2D eigenvalue weighted by Gasteiger charge is -2.29. The minimum atomic E-state index is 0.573. The summed E-state index contributed by atoms with van der Waals surface area (Å²) >= 11 is 0. The molecule has 1 aromatic heterocycles. The molecule has 0 N–H and O–H groups in total. The summed E-state index contributed by atoms with van der Waals surface area (Å²) in [6.07, 6.45) is 6.45. The molecule has 0 saturated heterocycles. The fraction of sp³-hybridized carbons (Fsp3) is 0.0909. The summed E-state index contributed by atoms with van der Waals surface area (Å²) in [6, 6.07) is 87.8. The summed E-state index contributed by atoms with van der Waals surface area (Å²) in [5.41, 5.74) is 15.8. The molecule has 2 heteroatoms. The predicted octanol–water partition coefficient (Wildman–Crippen LogP) is 18.8. The van der Waals surface area contributed by atoms with Crippen molar-refractivity contribution in [3.05, 3.63) is 242 Å². The van der Waals surface area contributed by atoms with Crippen LogP contribution in [0.1, 0.15) is 43.6 Å². The molecule has 0 amide bonds. The molecule has 1 heterocycles. The van der Waals surface area contributed by atoms with E-state index in [1.54, 1.807) is 0 Å². The van der Waals surface area contributed by atoms with Gasteiger partial charge in [-0.2, -0.15) is 0 Å². The van der Waals surface area contributed by atoms with Gasteiger partial charge >= 0.3 is 0 Å². The van der Waals surface area contributed by atoms with E-state index in [4.69, 9.17) is 0 Å². The van der Waals surface area contributed by atoms with Gasteiger partial charge in [0.05, 0.1) is 16.7 Å². The molecule has 13 rings (SSSR count). The maximum absolute atomic E-state index is 2.49. The standard InChI is InChI=1S/C66H50N2/c1-3-18-45(19-4-1)55-31-14-21-48-22-15-34-60(65(48)55)59-28-9-11-35-62(59)67(51-41-38-47(39-42-51)54-30-16-33-57-53-27-8-7-20-46(53)40-43-58(54)57)52-26-13-23-49(44-52)56-32-17-37-64-66(56)61-29-10-12-36-63(61)68(64)50-24-5-2-6-25-50/h2,5-17,20-45H,1,3-4,18-19H2. The third kappa shape index (κ3) is 6.78. The second kappa shape index (κ2) is 16.9. The molecular weight excluding hydrogens is 821 g/mol. The smallest absolute Gasteiger partial charge is 0.0547 e. The van der Waals surface area contributed by atoms with Gasteiger partial charge in [0, 0.05) is 33.4 Å². The van der Waals surface area contributed by atoms with Crippen molar-refractivity contribution in [2.24, 2.45) is 0 Å². The molecule has 0 radical (unpaired) electrons. The van der Waals surface area contributed by atoms with Crippen LogP contribution in [0.5, 0.6) is 0 Å². The Kier molecular flexibility index (Phi) is 9.97. The van der Waals surface area contributed by atoms with Crippen LogP contribution in [0.15, 0.2) is 237 Å². The van der Waals surface area contributed by atoms with Gasteiger partial charge in [0.15, 0.2) is 0 Å². The highest BCUT2D eigenvalue weighted by Gasteiger charge is 2.24. The van der Waals surface area contributed by atoms with E-state index < -0.39 is 0 Å². The Morgan fingerprint density at radius 1 is 0.353 bits per heavy atom. The number of para-hydroxylation sites is 3. The molecule has 0 bridgehead atoms. The summed E-state index contributed by atoms with van der Waals surface area (Å²) in [7, 11) is 0. The van der Waals surface area contributed by atoms with Gasteiger partial charge in [-0.3, -0.25) is 0 Å². The number of hydrogen-bond donors (Lipinski definition) is 0. The highest BCUT2D eigenvalue weighted by atomic mass is 15.1. The minimum Gasteiger partial charge on any atom is -0.310 e. The summed E-state index contributed by atoms with van der Waals surface area (Å²) in [6.45, 7) is 0. The van der Waals surface area contributed by atoms with Crippen molar-refractivity contribution in [3.8, 4) is 39.1 Å². The zero-order valence-electron chi connectivity index (χ0n) is 38.0. The van der Waals surface area contributed by atoms with Crippen LogP contribution in [-0.4, -0.2) is 4.57 Å². The van der Waals surface area contributed by atoms with Crippen molar-refractivity contribution < 1.29 is 0 Å². The Morgan fingerprint density at radius 3 is 1.88 bits per heavy atom. The number of benzene rings is 11. The van der Waals surface area contributed by atoms with E-state index in [0.29, 0.717) is 5.92 Å². The van der Waals surface area contributed by atoms with Gasteiger partial charge in [-0.1, -0.05) is 201 Å². The average Bonchev–Trinajstić information content (AvgIpc) is 3.76. The van der Waals surface area contributed by atoms with Gasteiger partial charge in [-0.25, -0.2) is 0 Å². The largest absolute Gasteiger partial charge is 0.310 e. The SMILES string of the molecule is c1ccc(-n2c3ccccc3c3c(-c4cccc(N(c5ccc(-c6cccc7c6ccc6ccccc67)cc5)c5ccccc5-c5cccc6cccc(C7CCCCC7)c56)c4)cccc32)cc1. The minimum absolute atomic E-state index is 0.573. The first-order valence-electron chi connectivity index (χ1n) is 24.4. The molecule has 12 aromatic rings. The van der Waals surface area contributed by atoms with Crippen molar-refractivity contribution in [1.29, 1.82) is 0 Å². The van der Waals surface area contributed by atoms with Crippen LogP contribution >= 0.6 is 0 Å². The highest BCUT2D eigenvalue weighted by Crippen LogP contribution is 2.47. The Hall–Kier alpha value is -8.20. The van der Waals surface area contributed by atoms with E-state index in [1.165, 1.54) is 125 Å². The van der Waals surface area contributed by atoms with Gasteiger partial charge in [-0.05, 0) is 139 Å². The lowest BCUT2D eigenvalue weighted by atomic mass is 9.80. The van der Waals surface area contributed by atoms with Crippen LogP contribution in [0.2, 0.25) is 0 Å². The second-order valence-electron chi connectivity index (χ2n) is 18.6. The van der Waals surface area contributed by atoms with Gasteiger partial charge in [-0.15, -0.1) is 0 Å². The Labute approximate surface area is 398 Å². The summed E-state index contributed by atoms with van der Waals surface area (Å²) in [4.78, 5) is 2.49. The normalized spacial score (nSPS) is 13.2. The van der Waals surface area contributed by atoms with Crippen molar-refractivity contribution in [1.82, 2.24) is 4.57 Å². The first-order chi connectivity index (χ1) is 33.8. The first-order valence-corrected chi connectivity index (χ1v) is 24.4. The number of nitrogens with zero attached hydrogens (tertiary/aromatic N) is 2. The van der Waals surface area contributed by atoms with Crippen molar-refractivity contribution in [2.75, 3.05) is 4.90 Å². The fourth-order valence-electron chi connectivity index (χ4n) is 11.7. The van der Waals surface area contributed by atoms with Crippen LogP contribution in [-0.2, 0) is 0 Å². The van der Waals surface area contributed by atoms with Gasteiger partial charge < -0.3 is 9.47 Å². The van der Waals surface area contributed by atoms with Crippen molar-refractivity contribution in [3.63, 3.8) is 0 Å². The maximum atomic E-state index is 2.49. The van der Waals surface area contributed by atoms with Crippen molar-refractivity contribution in [2.45, 2.75) is 38.0 Å². The molecule has 0 unspecified atom stereocenters. The lowest BCUT2D eigenvalue weighted by molar-refractivity contribution is 0.445. The molecule has 2 nitrogen and oxygen atoms in total. The quantitative estimate of drug-likeness (QED) is 0.138. The van der Waals surface area contributed by atoms with E-state index in [-0.39, 0.29) is 0 Å². The Bertz CT molecular complexity index is 3830. The third-order valence-corrected chi connectivity index (χ3v) is 14.8. The molecule has 1 saturated carbocycles. The summed E-state index contributed by atoms with van der Waals surface area (Å²) in [5, 5.41) is 10.3. The molecule has 0 spiro atoms. The molecule has 1 fully saturated rings. The van der Waals surface area contributed by atoms with Gasteiger partial charge in [0.2, 0.25) is 0 Å². The van der Waals surface area contributed by atoms with Crippen molar-refractivity contribution >= 4 is 71.2 Å². The molecular formula is C66H50N2. The fourth-order valence-corrected chi connectivity index (χ4v) is 11.7. The van der Waals surface area contributed by atoms with Gasteiger partial charge in [0.1, 0.15) is 0 Å². The zero-order chi connectivity index (χ0) is 45.0. The molecule has 0 aliphatic heterocycles. The van der Waals surface area contributed by atoms with E-state index in [2.05, 4.69) is 246 Å². The highest BCUT2D eigenvalue weighted by molar-refractivity contribution is 6.16. The van der Waals surface area contributed by atoms with Crippen LogP contribution in [0.25, 0.3) is 93.2 Å².